The Balaban J connectivity index is 1.90. The van der Waals surface area contributed by atoms with Gasteiger partial charge in [0.05, 0.1) is 11.4 Å². The molecule has 0 amide bonds. The van der Waals surface area contributed by atoms with Crippen molar-refractivity contribution in [3.05, 3.63) is 59.7 Å². The zero-order chi connectivity index (χ0) is 13.7. The quantitative estimate of drug-likeness (QED) is 0.791. The van der Waals surface area contributed by atoms with Gasteiger partial charge in [-0.05, 0) is 49.9 Å². The molecule has 0 fully saturated rings. The van der Waals surface area contributed by atoms with E-state index in [9.17, 15) is 0 Å². The second-order valence-corrected chi connectivity index (χ2v) is 5.16. The Labute approximate surface area is 115 Å². The van der Waals surface area contributed by atoms with Crippen LogP contribution in [0.4, 0.5) is 11.4 Å². The van der Waals surface area contributed by atoms with Crippen molar-refractivity contribution < 1.29 is 0 Å². The van der Waals surface area contributed by atoms with Crippen molar-refractivity contribution in [1.29, 1.82) is 0 Å². The van der Waals surface area contributed by atoms with Crippen LogP contribution >= 0.6 is 0 Å². The van der Waals surface area contributed by atoms with Gasteiger partial charge in [0.2, 0.25) is 0 Å². The summed E-state index contributed by atoms with van der Waals surface area (Å²) in [5.41, 5.74) is 10.5. The molecule has 0 aliphatic rings. The lowest BCUT2D eigenvalue weighted by Crippen LogP contribution is -2.17. The largest absolute Gasteiger partial charge is 0.397 e. The molecule has 0 aliphatic carbocycles. The third kappa shape index (κ3) is 4.02. The van der Waals surface area contributed by atoms with Crippen molar-refractivity contribution in [3.63, 3.8) is 0 Å². The number of benzene rings is 2. The van der Waals surface area contributed by atoms with E-state index in [0.29, 0.717) is 6.04 Å². The topological polar surface area (TPSA) is 38.0 Å². The number of anilines is 2. The standard InChI is InChI=1S/C17H22N2/c1-13-8-11-16(18)17(12-13)19-14(2)9-10-15-6-4-3-5-7-15/h3-8,11-12,14,19H,9-10,18H2,1-2H3. The molecule has 2 nitrogen and oxygen atoms in total. The number of nitrogens with two attached hydrogens (primary N) is 1. The van der Waals surface area contributed by atoms with Crippen LogP contribution in [0.5, 0.6) is 0 Å². The molecular weight excluding hydrogens is 232 g/mol. The maximum absolute atomic E-state index is 5.98. The highest BCUT2D eigenvalue weighted by Crippen LogP contribution is 2.21. The molecule has 0 heterocycles. The molecule has 100 valence electrons. The highest BCUT2D eigenvalue weighted by atomic mass is 14.9. The van der Waals surface area contributed by atoms with Gasteiger partial charge in [0.1, 0.15) is 0 Å². The molecule has 0 spiro atoms. The van der Waals surface area contributed by atoms with Gasteiger partial charge in [0, 0.05) is 6.04 Å². The summed E-state index contributed by atoms with van der Waals surface area (Å²) in [5, 5.41) is 3.50. The first kappa shape index (κ1) is 13.5. The summed E-state index contributed by atoms with van der Waals surface area (Å²) in [6.45, 7) is 4.28. The Kier molecular flexibility index (Phi) is 4.45. The van der Waals surface area contributed by atoms with Crippen LogP contribution in [-0.4, -0.2) is 6.04 Å². The Morgan fingerprint density at radius 1 is 1.11 bits per heavy atom. The molecule has 2 rings (SSSR count). The molecule has 0 saturated carbocycles. The molecule has 1 unspecified atom stereocenters. The monoisotopic (exact) mass is 254 g/mol. The predicted octanol–water partition coefficient (Wildman–Crippen LogP) is 4.01. The van der Waals surface area contributed by atoms with E-state index in [1.165, 1.54) is 11.1 Å². The minimum absolute atomic E-state index is 0.407. The van der Waals surface area contributed by atoms with Crippen LogP contribution in [0, 0.1) is 6.92 Å². The first-order valence-electron chi connectivity index (χ1n) is 6.82. The first-order valence-corrected chi connectivity index (χ1v) is 6.82. The number of hydrogen-bond donors (Lipinski definition) is 2. The summed E-state index contributed by atoms with van der Waals surface area (Å²) in [6, 6.07) is 17.1. The average Bonchev–Trinajstić information content (AvgIpc) is 2.42. The summed E-state index contributed by atoms with van der Waals surface area (Å²) >= 11 is 0. The third-order valence-electron chi connectivity index (χ3n) is 3.32. The second kappa shape index (κ2) is 6.28. The molecule has 2 aromatic rings. The van der Waals surface area contributed by atoms with Crippen LogP contribution in [0.2, 0.25) is 0 Å². The van der Waals surface area contributed by atoms with E-state index in [1.54, 1.807) is 0 Å². The van der Waals surface area contributed by atoms with Gasteiger partial charge < -0.3 is 11.1 Å². The zero-order valence-electron chi connectivity index (χ0n) is 11.7. The summed E-state index contributed by atoms with van der Waals surface area (Å²) in [6.07, 6.45) is 2.18. The van der Waals surface area contributed by atoms with Crippen molar-refractivity contribution >= 4 is 11.4 Å². The molecule has 0 aliphatic heterocycles. The van der Waals surface area contributed by atoms with Crippen LogP contribution in [0.1, 0.15) is 24.5 Å². The van der Waals surface area contributed by atoms with E-state index < -0.39 is 0 Å². The van der Waals surface area contributed by atoms with Crippen molar-refractivity contribution in [1.82, 2.24) is 0 Å². The van der Waals surface area contributed by atoms with E-state index in [-0.39, 0.29) is 0 Å². The molecule has 3 N–H and O–H groups in total. The molecule has 0 aromatic heterocycles. The molecule has 2 aromatic carbocycles. The maximum atomic E-state index is 5.98. The SMILES string of the molecule is Cc1ccc(N)c(NC(C)CCc2ccccc2)c1. The third-order valence-corrected chi connectivity index (χ3v) is 3.32. The van der Waals surface area contributed by atoms with Crippen molar-refractivity contribution in [2.24, 2.45) is 0 Å². The van der Waals surface area contributed by atoms with E-state index >= 15 is 0 Å². The zero-order valence-corrected chi connectivity index (χ0v) is 11.7. The molecule has 1 atom stereocenters. The Hall–Kier alpha value is -1.96. The molecule has 2 heteroatoms. The highest BCUT2D eigenvalue weighted by molar-refractivity contribution is 5.67. The predicted molar refractivity (Wildman–Crippen MR) is 83.4 cm³/mol. The minimum Gasteiger partial charge on any atom is -0.397 e. The van der Waals surface area contributed by atoms with E-state index in [1.807, 2.05) is 12.1 Å². The van der Waals surface area contributed by atoms with Crippen LogP contribution < -0.4 is 11.1 Å². The van der Waals surface area contributed by atoms with Crippen LogP contribution in [-0.2, 0) is 6.42 Å². The molecule has 19 heavy (non-hydrogen) atoms. The van der Waals surface area contributed by atoms with Gasteiger partial charge >= 0.3 is 0 Å². The normalized spacial score (nSPS) is 12.1. The number of nitrogen functional groups attached to an aromatic ring is 1. The first-order chi connectivity index (χ1) is 9.15. The van der Waals surface area contributed by atoms with Gasteiger partial charge in [-0.15, -0.1) is 0 Å². The Bertz CT molecular complexity index is 520. The summed E-state index contributed by atoms with van der Waals surface area (Å²) in [4.78, 5) is 0. The number of aryl methyl sites for hydroxylation is 2. The smallest absolute Gasteiger partial charge is 0.0578 e. The van der Waals surface area contributed by atoms with Crippen molar-refractivity contribution in [3.8, 4) is 0 Å². The van der Waals surface area contributed by atoms with Gasteiger partial charge in [-0.2, -0.15) is 0 Å². The Morgan fingerprint density at radius 3 is 2.58 bits per heavy atom. The van der Waals surface area contributed by atoms with Crippen LogP contribution in [0.25, 0.3) is 0 Å². The van der Waals surface area contributed by atoms with Crippen molar-refractivity contribution in [2.45, 2.75) is 32.7 Å². The lowest BCUT2D eigenvalue weighted by molar-refractivity contribution is 0.706. The van der Waals surface area contributed by atoms with Crippen molar-refractivity contribution in [2.75, 3.05) is 11.1 Å². The molecule has 0 bridgehead atoms. The van der Waals surface area contributed by atoms with Gasteiger partial charge in [-0.1, -0.05) is 36.4 Å². The van der Waals surface area contributed by atoms with Gasteiger partial charge in [0.25, 0.3) is 0 Å². The van der Waals surface area contributed by atoms with E-state index in [2.05, 4.69) is 55.6 Å². The maximum Gasteiger partial charge on any atom is 0.0578 e. The minimum atomic E-state index is 0.407. The number of rotatable bonds is 5. The Morgan fingerprint density at radius 2 is 1.84 bits per heavy atom. The van der Waals surface area contributed by atoms with E-state index in [0.717, 1.165) is 24.2 Å². The summed E-state index contributed by atoms with van der Waals surface area (Å²) in [7, 11) is 0. The number of nitrogens with one attached hydrogen (secondary N) is 1. The molecule has 0 saturated heterocycles. The van der Waals surface area contributed by atoms with Gasteiger partial charge in [0.15, 0.2) is 0 Å². The molecule has 0 radical (unpaired) electrons. The highest BCUT2D eigenvalue weighted by Gasteiger charge is 2.05. The average molecular weight is 254 g/mol. The lowest BCUT2D eigenvalue weighted by atomic mass is 10.1. The fourth-order valence-electron chi connectivity index (χ4n) is 2.16. The summed E-state index contributed by atoms with van der Waals surface area (Å²) < 4.78 is 0. The van der Waals surface area contributed by atoms with E-state index in [4.69, 9.17) is 5.73 Å². The van der Waals surface area contributed by atoms with Crippen LogP contribution in [0.3, 0.4) is 0 Å². The molecular formula is C17H22N2. The lowest BCUT2D eigenvalue weighted by Gasteiger charge is -2.17. The fraction of sp³-hybridized carbons (Fsp3) is 0.294. The van der Waals surface area contributed by atoms with Gasteiger partial charge in [-0.25, -0.2) is 0 Å². The second-order valence-electron chi connectivity index (χ2n) is 5.16. The fourth-order valence-corrected chi connectivity index (χ4v) is 2.16. The van der Waals surface area contributed by atoms with Gasteiger partial charge in [-0.3, -0.25) is 0 Å². The number of hydrogen-bond acceptors (Lipinski definition) is 2. The van der Waals surface area contributed by atoms with Crippen LogP contribution in [0.15, 0.2) is 48.5 Å². The summed E-state index contributed by atoms with van der Waals surface area (Å²) in [5.74, 6) is 0.